The summed E-state index contributed by atoms with van der Waals surface area (Å²) in [6.45, 7) is 0. The van der Waals surface area contributed by atoms with Crippen molar-refractivity contribution in [3.63, 3.8) is 0 Å². The summed E-state index contributed by atoms with van der Waals surface area (Å²) in [6, 6.07) is 0. The van der Waals surface area contributed by atoms with Gasteiger partial charge in [0.05, 0.1) is 0 Å². The highest BCUT2D eigenvalue weighted by Crippen LogP contribution is 2.75. The highest BCUT2D eigenvalue weighted by molar-refractivity contribution is 7.72. The first kappa shape index (κ1) is 38.6. The van der Waals surface area contributed by atoms with E-state index in [1.807, 2.05) is 0 Å². The number of hydrogen-bond donors (Lipinski definition) is 13. The van der Waals surface area contributed by atoms with Crippen LogP contribution >= 0.6 is 46.9 Å². The maximum atomic E-state index is 12.0. The molecule has 32 heteroatoms. The normalized spacial score (nSPS) is 36.4. The summed E-state index contributed by atoms with van der Waals surface area (Å²) in [4.78, 5) is 62.9. The van der Waals surface area contributed by atoms with Crippen molar-refractivity contribution in [2.45, 2.75) is 36.3 Å². The molecule has 1 rings (SSSR count). The summed E-state index contributed by atoms with van der Waals surface area (Å²) in [5, 5.41) is 57.9. The predicted molar refractivity (Wildman–Crippen MR) is 106 cm³/mol. The molecule has 0 aromatic carbocycles. The van der Waals surface area contributed by atoms with Crippen LogP contribution in [0.1, 0.15) is 0 Å². The van der Waals surface area contributed by atoms with Gasteiger partial charge in [-0.3, -0.25) is 0 Å². The van der Waals surface area contributed by atoms with Crippen molar-refractivity contribution in [2.24, 2.45) is 0 Å². The number of phosphoric acid groups is 6. The van der Waals surface area contributed by atoms with E-state index in [9.17, 15) is 72.7 Å². The Kier molecular flexibility index (Phi) is 12.6. The fraction of sp³-hybridized carbons (Fsp3) is 1.00. The van der Waals surface area contributed by atoms with Crippen molar-refractivity contribution in [1.82, 2.24) is 0 Å². The summed E-state index contributed by atoms with van der Waals surface area (Å²) in [5.74, 6) is -3.96. The van der Waals surface area contributed by atoms with E-state index in [2.05, 4.69) is 26.1 Å². The van der Waals surface area contributed by atoms with E-state index < -0.39 is 83.2 Å². The van der Waals surface area contributed by atoms with Crippen LogP contribution in [0.15, 0.2) is 0 Å². The number of aliphatic hydroxyl groups excluding tert-OH is 5. The largest absolute Gasteiger partial charge is 0.490 e. The smallest absolute Gasteiger partial charge is 0.412 e. The second kappa shape index (κ2) is 12.4. The molecular formula is C6H20O26P6. The molecule has 1 aliphatic rings. The zero-order valence-corrected chi connectivity index (χ0v) is 22.6. The van der Waals surface area contributed by atoms with Crippen molar-refractivity contribution >= 4 is 46.9 Å². The standard InChI is InChI=1S/C6H18O25P6.H2O/c7-1-2(8)4(10)6(12,5(11)3(1)9)26-33(16,17)28-35(20,21)30-37(24,25)31-36(22,23)29-34(18,19)27-32(13,14)15;/h1-5,7-12H,(H,16,17)(H,18,19)(H,20,21)(H,22,23)(H,24,25)(H2,13,14,15);1H2/t1?,2-,3+,4-,5-,6?;/m1./s1. The molecule has 0 radical (unpaired) electrons. The lowest BCUT2D eigenvalue weighted by Crippen LogP contribution is -2.71. The second-order valence-corrected chi connectivity index (χ2v) is 15.6. The van der Waals surface area contributed by atoms with E-state index in [4.69, 9.17) is 19.6 Å². The Labute approximate surface area is 207 Å². The third kappa shape index (κ3) is 11.1. The number of aliphatic hydroxyl groups is 6. The fourth-order valence-corrected chi connectivity index (χ4v) is 9.78. The predicted octanol–water partition coefficient (Wildman–Crippen LogP) is -4.64. The maximum Gasteiger partial charge on any atom is 0.490 e. The molecule has 230 valence electrons. The molecule has 0 aromatic heterocycles. The van der Waals surface area contributed by atoms with Crippen LogP contribution in [0.5, 0.6) is 0 Å². The molecule has 0 aromatic rings. The third-order valence-electron chi connectivity index (χ3n) is 3.49. The van der Waals surface area contributed by atoms with E-state index >= 15 is 0 Å². The minimum Gasteiger partial charge on any atom is -0.412 e. The van der Waals surface area contributed by atoms with Crippen LogP contribution < -0.4 is 0 Å². The van der Waals surface area contributed by atoms with Crippen molar-refractivity contribution in [1.29, 1.82) is 0 Å². The van der Waals surface area contributed by atoms with Crippen molar-refractivity contribution in [3.8, 4) is 0 Å². The summed E-state index contributed by atoms with van der Waals surface area (Å²) in [7, 11) is -38.3. The Hall–Kier alpha value is 0.580. The molecule has 11 atom stereocenters. The van der Waals surface area contributed by atoms with Crippen LogP contribution in [0.3, 0.4) is 0 Å². The Bertz CT molecular complexity index is 1110. The van der Waals surface area contributed by atoms with Gasteiger partial charge in [-0.25, -0.2) is 31.9 Å². The Morgan fingerprint density at radius 2 is 0.737 bits per heavy atom. The molecule has 26 nitrogen and oxygen atoms in total. The van der Waals surface area contributed by atoms with Gasteiger partial charge in [0.2, 0.25) is 5.79 Å². The molecule has 1 aliphatic carbocycles. The summed E-state index contributed by atoms with van der Waals surface area (Å²) in [5.41, 5.74) is 0. The summed E-state index contributed by atoms with van der Waals surface area (Å²) in [6.07, 6.45) is -13.5. The van der Waals surface area contributed by atoms with Crippen molar-refractivity contribution in [2.75, 3.05) is 0 Å². The van der Waals surface area contributed by atoms with E-state index in [0.717, 1.165) is 0 Å². The van der Waals surface area contributed by atoms with Gasteiger partial charge in [0, 0.05) is 0 Å². The molecule has 1 fully saturated rings. The molecular weight excluding hydrogens is 674 g/mol. The molecule has 15 N–H and O–H groups in total. The van der Waals surface area contributed by atoms with Gasteiger partial charge in [-0.1, -0.05) is 0 Å². The van der Waals surface area contributed by atoms with Gasteiger partial charge in [0.1, 0.15) is 30.5 Å². The average molecular weight is 694 g/mol. The lowest BCUT2D eigenvalue weighted by atomic mass is 9.82. The zero-order chi connectivity index (χ0) is 29.6. The minimum atomic E-state index is -6.59. The van der Waals surface area contributed by atoms with Crippen LogP contribution in [-0.2, 0) is 53.5 Å². The van der Waals surface area contributed by atoms with Gasteiger partial charge >= 0.3 is 46.9 Å². The first-order valence-electron chi connectivity index (χ1n) is 8.13. The quantitative estimate of drug-likeness (QED) is 0.0674. The summed E-state index contributed by atoms with van der Waals surface area (Å²) < 4.78 is 88.7. The SMILES string of the molecule is O.O=P(O)(O)OP(=O)(O)OP(=O)(O)OP(=O)(O)OP(=O)(O)OP(=O)(O)OC1(O)[C@H](O)[C@H](O)C(O)[C@H](O)[C@H]1O. The van der Waals surface area contributed by atoms with Crippen LogP contribution in [0.2, 0.25) is 0 Å². The lowest BCUT2D eigenvalue weighted by Gasteiger charge is -2.46. The minimum absolute atomic E-state index is 0. The molecule has 0 heterocycles. The van der Waals surface area contributed by atoms with E-state index in [-0.39, 0.29) is 5.48 Å². The maximum absolute atomic E-state index is 12.0. The number of hydrogen-bond acceptors (Lipinski definition) is 18. The first-order chi connectivity index (χ1) is 16.0. The van der Waals surface area contributed by atoms with Crippen LogP contribution in [0, 0.1) is 0 Å². The van der Waals surface area contributed by atoms with Gasteiger partial charge in [-0.05, 0) is 0 Å². The molecule has 1 saturated carbocycles. The van der Waals surface area contributed by atoms with Crippen molar-refractivity contribution in [3.05, 3.63) is 0 Å². The van der Waals surface area contributed by atoms with Crippen LogP contribution in [-0.4, -0.2) is 107 Å². The molecule has 0 spiro atoms. The van der Waals surface area contributed by atoms with Crippen LogP contribution in [0.25, 0.3) is 0 Å². The molecule has 0 saturated heterocycles. The molecule has 0 aliphatic heterocycles. The molecule has 0 bridgehead atoms. The topological polar surface area (TPSA) is 452 Å². The highest BCUT2D eigenvalue weighted by Gasteiger charge is 2.62. The van der Waals surface area contributed by atoms with Gasteiger partial charge < -0.3 is 70.4 Å². The number of phosphoric ester groups is 1. The van der Waals surface area contributed by atoms with Gasteiger partial charge in [-0.15, -0.1) is 0 Å². The van der Waals surface area contributed by atoms with Crippen molar-refractivity contribution < 1.29 is 124 Å². The van der Waals surface area contributed by atoms with Gasteiger partial charge in [0.15, 0.2) is 0 Å². The fourth-order valence-electron chi connectivity index (χ4n) is 2.26. The van der Waals surface area contributed by atoms with Crippen LogP contribution in [0.4, 0.5) is 0 Å². The zero-order valence-electron chi connectivity index (χ0n) is 17.3. The lowest BCUT2D eigenvalue weighted by molar-refractivity contribution is -0.336. The Morgan fingerprint density at radius 3 is 1.03 bits per heavy atom. The highest BCUT2D eigenvalue weighted by atomic mass is 31.3. The molecule has 7 unspecified atom stereocenters. The number of rotatable bonds is 12. The second-order valence-electron chi connectivity index (χ2n) is 6.45. The monoisotopic (exact) mass is 694 g/mol. The van der Waals surface area contributed by atoms with E-state index in [1.165, 1.54) is 0 Å². The Morgan fingerprint density at radius 1 is 0.474 bits per heavy atom. The molecule has 0 amide bonds. The average Bonchev–Trinajstić information content (AvgIpc) is 2.56. The van der Waals surface area contributed by atoms with Gasteiger partial charge in [0.25, 0.3) is 0 Å². The molecule has 38 heavy (non-hydrogen) atoms. The van der Waals surface area contributed by atoms with E-state index in [0.29, 0.717) is 0 Å². The summed E-state index contributed by atoms with van der Waals surface area (Å²) >= 11 is 0. The Balaban J connectivity index is 0.0000137. The van der Waals surface area contributed by atoms with E-state index in [1.54, 1.807) is 0 Å². The van der Waals surface area contributed by atoms with Gasteiger partial charge in [-0.2, -0.15) is 21.6 Å². The third-order valence-corrected chi connectivity index (χ3v) is 12.3. The first-order valence-corrected chi connectivity index (χ1v) is 17.1.